The highest BCUT2D eigenvalue weighted by molar-refractivity contribution is 5.76. The van der Waals surface area contributed by atoms with Crippen LogP contribution in [0.25, 0.3) is 0 Å². The van der Waals surface area contributed by atoms with E-state index in [0.717, 1.165) is 51.7 Å². The van der Waals surface area contributed by atoms with E-state index in [0.29, 0.717) is 24.4 Å². The highest BCUT2D eigenvalue weighted by atomic mass is 16.2. The van der Waals surface area contributed by atoms with E-state index in [4.69, 9.17) is 5.73 Å². The van der Waals surface area contributed by atoms with Crippen molar-refractivity contribution in [2.45, 2.75) is 64.5 Å². The molecule has 19 heavy (non-hydrogen) atoms. The Kier molecular flexibility index (Phi) is 7.39. The van der Waals surface area contributed by atoms with Gasteiger partial charge in [-0.05, 0) is 46.1 Å². The van der Waals surface area contributed by atoms with Gasteiger partial charge < -0.3 is 15.5 Å². The lowest BCUT2D eigenvalue weighted by atomic mass is 10.0. The molecule has 0 spiro atoms. The zero-order valence-electron chi connectivity index (χ0n) is 12.9. The molecule has 0 radical (unpaired) electrons. The van der Waals surface area contributed by atoms with Crippen LogP contribution in [-0.2, 0) is 4.79 Å². The van der Waals surface area contributed by atoms with E-state index in [-0.39, 0.29) is 0 Å². The van der Waals surface area contributed by atoms with Crippen molar-refractivity contribution in [1.29, 1.82) is 0 Å². The van der Waals surface area contributed by atoms with Gasteiger partial charge in [-0.3, -0.25) is 4.79 Å². The van der Waals surface area contributed by atoms with Crippen LogP contribution in [0, 0.1) is 0 Å². The smallest absolute Gasteiger partial charge is 0.222 e. The number of unbranched alkanes of at least 4 members (excludes halogenated alkanes) is 2. The quantitative estimate of drug-likeness (QED) is 0.717. The Balaban J connectivity index is 2.26. The summed E-state index contributed by atoms with van der Waals surface area (Å²) in [4.78, 5) is 16.6. The first-order chi connectivity index (χ1) is 9.06. The summed E-state index contributed by atoms with van der Waals surface area (Å²) in [6.07, 6.45) is 5.99. The molecule has 112 valence electrons. The molecule has 0 aliphatic carbocycles. The number of carbonyl (C=O) groups is 1. The summed E-state index contributed by atoms with van der Waals surface area (Å²) < 4.78 is 0. The van der Waals surface area contributed by atoms with Gasteiger partial charge in [0.05, 0.1) is 0 Å². The van der Waals surface area contributed by atoms with Crippen LogP contribution in [0.1, 0.15) is 52.4 Å². The van der Waals surface area contributed by atoms with E-state index in [1.807, 2.05) is 11.9 Å². The van der Waals surface area contributed by atoms with E-state index < -0.39 is 0 Å². The van der Waals surface area contributed by atoms with Gasteiger partial charge in [-0.25, -0.2) is 0 Å². The van der Waals surface area contributed by atoms with Crippen LogP contribution in [0.4, 0.5) is 0 Å². The Hall–Kier alpha value is -0.610. The Bertz CT molecular complexity index is 260. The third-order valence-electron chi connectivity index (χ3n) is 4.27. The molecule has 1 fully saturated rings. The number of amides is 1. The molecule has 0 unspecified atom stereocenters. The van der Waals surface area contributed by atoms with Gasteiger partial charge in [-0.15, -0.1) is 0 Å². The summed E-state index contributed by atoms with van der Waals surface area (Å²) in [7, 11) is 1.97. The van der Waals surface area contributed by atoms with E-state index >= 15 is 0 Å². The third kappa shape index (κ3) is 5.49. The lowest BCUT2D eigenvalue weighted by Crippen LogP contribution is -2.47. The first-order valence-corrected chi connectivity index (χ1v) is 7.76. The molecule has 1 amide bonds. The second-order valence-corrected chi connectivity index (χ2v) is 5.96. The first kappa shape index (κ1) is 16.4. The summed E-state index contributed by atoms with van der Waals surface area (Å²) in [5, 5.41) is 0. The average Bonchev–Trinajstić information content (AvgIpc) is 2.42. The molecule has 0 saturated carbocycles. The molecule has 0 aromatic rings. The maximum absolute atomic E-state index is 12.1. The Morgan fingerprint density at radius 1 is 1.26 bits per heavy atom. The van der Waals surface area contributed by atoms with Gasteiger partial charge in [-0.2, -0.15) is 0 Å². The highest BCUT2D eigenvalue weighted by Gasteiger charge is 2.25. The lowest BCUT2D eigenvalue weighted by molar-refractivity contribution is -0.133. The molecule has 0 atom stereocenters. The molecule has 2 N–H and O–H groups in total. The van der Waals surface area contributed by atoms with Crippen molar-refractivity contribution < 1.29 is 4.79 Å². The fourth-order valence-electron chi connectivity index (χ4n) is 2.77. The molecule has 1 saturated heterocycles. The van der Waals surface area contributed by atoms with Crippen molar-refractivity contribution in [3.05, 3.63) is 0 Å². The molecule has 0 bridgehead atoms. The average molecular weight is 269 g/mol. The van der Waals surface area contributed by atoms with Crippen LogP contribution in [-0.4, -0.2) is 54.5 Å². The summed E-state index contributed by atoms with van der Waals surface area (Å²) in [5.41, 5.74) is 5.46. The number of nitrogens with two attached hydrogens (primary N) is 1. The minimum absolute atomic E-state index is 0.306. The largest absolute Gasteiger partial charge is 0.343 e. The second-order valence-electron chi connectivity index (χ2n) is 5.96. The van der Waals surface area contributed by atoms with E-state index in [1.54, 1.807) is 0 Å². The minimum Gasteiger partial charge on any atom is -0.343 e. The highest BCUT2D eigenvalue weighted by Crippen LogP contribution is 2.18. The fraction of sp³-hybridized carbons (Fsp3) is 0.933. The maximum Gasteiger partial charge on any atom is 0.222 e. The Morgan fingerprint density at radius 3 is 2.42 bits per heavy atom. The molecule has 0 aromatic heterocycles. The topological polar surface area (TPSA) is 49.6 Å². The number of piperidine rings is 1. The SMILES string of the molecule is CC(C)N1CCC(N(C)C(=O)CCCCCN)CC1. The van der Waals surface area contributed by atoms with Gasteiger partial charge in [0.15, 0.2) is 0 Å². The number of nitrogens with zero attached hydrogens (tertiary/aromatic N) is 2. The molecule has 1 aliphatic heterocycles. The van der Waals surface area contributed by atoms with Crippen LogP contribution in [0.5, 0.6) is 0 Å². The second kappa shape index (κ2) is 8.54. The van der Waals surface area contributed by atoms with E-state index in [1.165, 1.54) is 0 Å². The van der Waals surface area contributed by atoms with Crippen molar-refractivity contribution in [3.8, 4) is 0 Å². The molecular weight excluding hydrogens is 238 g/mol. The van der Waals surface area contributed by atoms with Crippen molar-refractivity contribution in [2.24, 2.45) is 5.73 Å². The van der Waals surface area contributed by atoms with Crippen molar-refractivity contribution in [3.63, 3.8) is 0 Å². The molecule has 4 nitrogen and oxygen atoms in total. The standard InChI is InChI=1S/C15H31N3O/c1-13(2)18-11-8-14(9-12-18)17(3)15(19)7-5-4-6-10-16/h13-14H,4-12,16H2,1-3H3. The lowest BCUT2D eigenvalue weighted by Gasteiger charge is -2.38. The van der Waals surface area contributed by atoms with Gasteiger partial charge in [0.1, 0.15) is 0 Å². The molecule has 0 aromatic carbocycles. The van der Waals surface area contributed by atoms with Crippen LogP contribution in [0.15, 0.2) is 0 Å². The van der Waals surface area contributed by atoms with Gasteiger partial charge in [0, 0.05) is 38.6 Å². The summed E-state index contributed by atoms with van der Waals surface area (Å²) >= 11 is 0. The molecule has 1 aliphatic rings. The van der Waals surface area contributed by atoms with Gasteiger partial charge in [0.2, 0.25) is 5.91 Å². The monoisotopic (exact) mass is 269 g/mol. The predicted octanol–water partition coefficient (Wildman–Crippen LogP) is 1.84. The number of hydrogen-bond donors (Lipinski definition) is 1. The molecule has 1 rings (SSSR count). The van der Waals surface area contributed by atoms with Gasteiger partial charge in [0.25, 0.3) is 0 Å². The molecular formula is C15H31N3O. The Morgan fingerprint density at radius 2 is 1.89 bits per heavy atom. The van der Waals surface area contributed by atoms with Gasteiger partial charge >= 0.3 is 0 Å². The summed E-state index contributed by atoms with van der Waals surface area (Å²) in [6.45, 7) is 7.46. The summed E-state index contributed by atoms with van der Waals surface area (Å²) in [6, 6.07) is 1.07. The van der Waals surface area contributed by atoms with Crippen molar-refractivity contribution in [2.75, 3.05) is 26.7 Å². The normalized spacial score (nSPS) is 17.9. The Labute approximate surface area is 118 Å². The number of rotatable bonds is 7. The third-order valence-corrected chi connectivity index (χ3v) is 4.27. The zero-order chi connectivity index (χ0) is 14.3. The fourth-order valence-corrected chi connectivity index (χ4v) is 2.77. The summed E-state index contributed by atoms with van der Waals surface area (Å²) in [5.74, 6) is 0.306. The number of likely N-dealkylation sites (tertiary alicyclic amines) is 1. The van der Waals surface area contributed by atoms with E-state index in [2.05, 4.69) is 18.7 Å². The van der Waals surface area contributed by atoms with E-state index in [9.17, 15) is 4.79 Å². The van der Waals surface area contributed by atoms with Crippen LogP contribution in [0.2, 0.25) is 0 Å². The van der Waals surface area contributed by atoms with Crippen molar-refractivity contribution >= 4 is 5.91 Å². The zero-order valence-corrected chi connectivity index (χ0v) is 12.9. The predicted molar refractivity (Wildman–Crippen MR) is 80.0 cm³/mol. The van der Waals surface area contributed by atoms with Crippen LogP contribution >= 0.6 is 0 Å². The molecule has 1 heterocycles. The first-order valence-electron chi connectivity index (χ1n) is 7.76. The maximum atomic E-state index is 12.1. The molecule has 4 heteroatoms. The number of hydrogen-bond acceptors (Lipinski definition) is 3. The van der Waals surface area contributed by atoms with Crippen LogP contribution < -0.4 is 5.73 Å². The van der Waals surface area contributed by atoms with Crippen molar-refractivity contribution in [1.82, 2.24) is 9.80 Å². The number of carbonyl (C=O) groups excluding carboxylic acids is 1. The minimum atomic E-state index is 0.306. The van der Waals surface area contributed by atoms with Gasteiger partial charge in [-0.1, -0.05) is 6.42 Å². The van der Waals surface area contributed by atoms with Crippen LogP contribution in [0.3, 0.4) is 0 Å².